The van der Waals surface area contributed by atoms with Crippen molar-refractivity contribution >= 4 is 28.1 Å². The van der Waals surface area contributed by atoms with E-state index in [-0.39, 0.29) is 5.69 Å². The first kappa shape index (κ1) is 11.8. The molecule has 2 heterocycles. The Labute approximate surface area is 112 Å². The molecule has 0 bridgehead atoms. The van der Waals surface area contributed by atoms with Crippen molar-refractivity contribution in [1.82, 2.24) is 4.98 Å². The van der Waals surface area contributed by atoms with Crippen molar-refractivity contribution in [1.29, 1.82) is 0 Å². The Hall–Kier alpha value is -2.28. The van der Waals surface area contributed by atoms with Gasteiger partial charge in [0, 0.05) is 17.1 Å². The normalized spacial score (nSPS) is 13.1. The quantitative estimate of drug-likeness (QED) is 0.897. The van der Waals surface area contributed by atoms with E-state index in [1.165, 1.54) is 16.7 Å². The number of ether oxygens (including phenoxy) is 2. The lowest BCUT2D eigenvalue weighted by Gasteiger charge is -2.18. The van der Waals surface area contributed by atoms with E-state index in [4.69, 9.17) is 14.6 Å². The van der Waals surface area contributed by atoms with Crippen LogP contribution < -0.4 is 14.8 Å². The number of aromatic carboxylic acids is 1. The molecule has 0 saturated heterocycles. The van der Waals surface area contributed by atoms with Crippen molar-refractivity contribution in [2.45, 2.75) is 0 Å². The fourth-order valence-corrected chi connectivity index (χ4v) is 2.38. The first-order chi connectivity index (χ1) is 9.22. The molecule has 1 aliphatic rings. The number of nitrogens with one attached hydrogen (secondary N) is 1. The molecule has 0 aliphatic carbocycles. The molecule has 0 unspecified atom stereocenters. The highest BCUT2D eigenvalue weighted by Gasteiger charge is 2.13. The van der Waals surface area contributed by atoms with Gasteiger partial charge in [0.25, 0.3) is 0 Å². The molecule has 1 aromatic carbocycles. The zero-order valence-corrected chi connectivity index (χ0v) is 10.6. The summed E-state index contributed by atoms with van der Waals surface area (Å²) in [6, 6.07) is 5.44. The highest BCUT2D eigenvalue weighted by atomic mass is 32.1. The topological polar surface area (TPSA) is 80.7 Å². The largest absolute Gasteiger partial charge is 0.486 e. The summed E-state index contributed by atoms with van der Waals surface area (Å²) in [6.45, 7) is 1.07. The van der Waals surface area contributed by atoms with Crippen molar-refractivity contribution in [3.05, 3.63) is 29.3 Å². The van der Waals surface area contributed by atoms with Crippen LogP contribution in [0.3, 0.4) is 0 Å². The number of rotatable bonds is 3. The summed E-state index contributed by atoms with van der Waals surface area (Å²) in [7, 11) is 0. The highest BCUT2D eigenvalue weighted by Crippen LogP contribution is 2.33. The van der Waals surface area contributed by atoms with E-state index in [1.807, 2.05) is 12.1 Å². The van der Waals surface area contributed by atoms with Crippen LogP contribution >= 0.6 is 11.3 Å². The number of anilines is 2. The number of carboxylic acid groups (broad SMARTS) is 1. The van der Waals surface area contributed by atoms with Crippen LogP contribution in [0.4, 0.5) is 10.8 Å². The van der Waals surface area contributed by atoms with Crippen LogP contribution in [0.25, 0.3) is 0 Å². The lowest BCUT2D eigenvalue weighted by Crippen LogP contribution is -2.15. The van der Waals surface area contributed by atoms with Crippen LogP contribution in [-0.4, -0.2) is 29.3 Å². The molecule has 19 heavy (non-hydrogen) atoms. The fourth-order valence-electron chi connectivity index (χ4n) is 1.67. The zero-order valence-electron chi connectivity index (χ0n) is 9.75. The van der Waals surface area contributed by atoms with E-state index in [2.05, 4.69) is 10.3 Å². The minimum absolute atomic E-state index is 0.0324. The Balaban J connectivity index is 1.80. The van der Waals surface area contributed by atoms with Crippen LogP contribution in [0.1, 0.15) is 10.5 Å². The molecule has 0 radical (unpaired) electrons. The van der Waals surface area contributed by atoms with E-state index in [0.717, 1.165) is 5.69 Å². The van der Waals surface area contributed by atoms with Crippen LogP contribution in [0.5, 0.6) is 11.5 Å². The Morgan fingerprint density at radius 2 is 2.11 bits per heavy atom. The lowest BCUT2D eigenvalue weighted by molar-refractivity contribution is 0.0691. The minimum Gasteiger partial charge on any atom is -0.486 e. The molecule has 7 heteroatoms. The summed E-state index contributed by atoms with van der Waals surface area (Å²) in [5.41, 5.74) is 0.806. The molecule has 0 amide bonds. The van der Waals surface area contributed by atoms with Crippen LogP contribution in [0.15, 0.2) is 23.6 Å². The maximum Gasteiger partial charge on any atom is 0.355 e. The monoisotopic (exact) mass is 278 g/mol. The van der Waals surface area contributed by atoms with E-state index >= 15 is 0 Å². The molecule has 3 rings (SSSR count). The number of aromatic nitrogens is 1. The van der Waals surface area contributed by atoms with E-state index in [1.54, 1.807) is 6.07 Å². The molecule has 1 aromatic heterocycles. The second-order valence-corrected chi connectivity index (χ2v) is 4.68. The molecule has 6 nitrogen and oxygen atoms in total. The average Bonchev–Trinajstić information content (AvgIpc) is 2.87. The van der Waals surface area contributed by atoms with Crippen LogP contribution in [-0.2, 0) is 0 Å². The van der Waals surface area contributed by atoms with Gasteiger partial charge in [-0.15, -0.1) is 11.3 Å². The summed E-state index contributed by atoms with van der Waals surface area (Å²) in [4.78, 5) is 14.7. The van der Waals surface area contributed by atoms with Gasteiger partial charge in [0.2, 0.25) is 0 Å². The standard InChI is InChI=1S/C12H10N2O4S/c15-11(16)8-6-19-12(14-8)13-7-1-2-9-10(5-7)18-4-3-17-9/h1-2,5-6H,3-4H2,(H,13,14)(H,15,16). The van der Waals surface area contributed by atoms with Crippen molar-refractivity contribution in [2.75, 3.05) is 18.5 Å². The molecule has 98 valence electrons. The second-order valence-electron chi connectivity index (χ2n) is 3.83. The number of fused-ring (bicyclic) bond motifs is 1. The number of carboxylic acids is 1. The van der Waals surface area contributed by atoms with Gasteiger partial charge in [-0.1, -0.05) is 0 Å². The van der Waals surface area contributed by atoms with E-state index < -0.39 is 5.97 Å². The first-order valence-corrected chi connectivity index (χ1v) is 6.46. The average molecular weight is 278 g/mol. The molecule has 1 aliphatic heterocycles. The lowest BCUT2D eigenvalue weighted by atomic mass is 10.2. The number of hydrogen-bond acceptors (Lipinski definition) is 6. The van der Waals surface area contributed by atoms with Gasteiger partial charge < -0.3 is 19.9 Å². The van der Waals surface area contributed by atoms with Gasteiger partial charge in [-0.2, -0.15) is 0 Å². The van der Waals surface area contributed by atoms with Crippen LogP contribution in [0.2, 0.25) is 0 Å². The maximum absolute atomic E-state index is 10.7. The third-order valence-electron chi connectivity index (χ3n) is 2.52. The molecule has 0 atom stereocenters. The summed E-state index contributed by atoms with van der Waals surface area (Å²) >= 11 is 1.23. The predicted molar refractivity (Wildman–Crippen MR) is 69.8 cm³/mol. The Morgan fingerprint density at radius 1 is 1.32 bits per heavy atom. The number of nitrogens with zero attached hydrogens (tertiary/aromatic N) is 1. The molecule has 2 aromatic rings. The van der Waals surface area contributed by atoms with Gasteiger partial charge in [0.05, 0.1) is 0 Å². The summed E-state index contributed by atoms with van der Waals surface area (Å²) in [5, 5.41) is 13.9. The Bertz CT molecular complexity index is 626. The van der Waals surface area contributed by atoms with Gasteiger partial charge in [0.15, 0.2) is 22.3 Å². The molecule has 0 spiro atoms. The van der Waals surface area contributed by atoms with Crippen molar-refractivity contribution < 1.29 is 19.4 Å². The second kappa shape index (κ2) is 4.77. The third kappa shape index (κ3) is 2.45. The van der Waals surface area contributed by atoms with Gasteiger partial charge in [-0.05, 0) is 12.1 Å². The van der Waals surface area contributed by atoms with Crippen molar-refractivity contribution in [3.63, 3.8) is 0 Å². The van der Waals surface area contributed by atoms with Crippen LogP contribution in [0, 0.1) is 0 Å². The number of hydrogen-bond donors (Lipinski definition) is 2. The van der Waals surface area contributed by atoms with Gasteiger partial charge >= 0.3 is 5.97 Å². The first-order valence-electron chi connectivity index (χ1n) is 5.58. The summed E-state index contributed by atoms with van der Waals surface area (Å²) in [5.74, 6) is 0.347. The zero-order chi connectivity index (χ0) is 13.2. The summed E-state index contributed by atoms with van der Waals surface area (Å²) < 4.78 is 10.9. The SMILES string of the molecule is O=C(O)c1csc(Nc2ccc3c(c2)OCCO3)n1. The van der Waals surface area contributed by atoms with E-state index in [9.17, 15) is 4.79 Å². The molecular weight excluding hydrogens is 268 g/mol. The maximum atomic E-state index is 10.7. The molecular formula is C12H10N2O4S. The smallest absolute Gasteiger partial charge is 0.355 e. The number of thiazole rings is 1. The fraction of sp³-hybridized carbons (Fsp3) is 0.167. The molecule has 0 saturated carbocycles. The van der Waals surface area contributed by atoms with Crippen molar-refractivity contribution in [3.8, 4) is 11.5 Å². The Morgan fingerprint density at radius 3 is 2.84 bits per heavy atom. The third-order valence-corrected chi connectivity index (χ3v) is 3.27. The van der Waals surface area contributed by atoms with Crippen molar-refractivity contribution in [2.24, 2.45) is 0 Å². The summed E-state index contributed by atoms with van der Waals surface area (Å²) in [6.07, 6.45) is 0. The Kier molecular flexibility index (Phi) is 2.96. The van der Waals surface area contributed by atoms with Gasteiger partial charge in [0.1, 0.15) is 13.2 Å². The number of benzene rings is 1. The van der Waals surface area contributed by atoms with Gasteiger partial charge in [-0.3, -0.25) is 0 Å². The minimum atomic E-state index is -1.04. The molecule has 0 fully saturated rings. The molecule has 2 N–H and O–H groups in total. The highest BCUT2D eigenvalue weighted by molar-refractivity contribution is 7.14. The van der Waals surface area contributed by atoms with E-state index in [0.29, 0.717) is 29.8 Å². The predicted octanol–water partition coefficient (Wildman–Crippen LogP) is 2.36. The van der Waals surface area contributed by atoms with Gasteiger partial charge in [-0.25, -0.2) is 9.78 Å². The number of carbonyl (C=O) groups is 1.